The van der Waals surface area contributed by atoms with E-state index in [1.165, 1.54) is 31.8 Å². The molecule has 10 aromatic rings. The summed E-state index contributed by atoms with van der Waals surface area (Å²) in [6.07, 6.45) is 0. The van der Waals surface area contributed by atoms with Crippen LogP contribution in [0.1, 0.15) is 0 Å². The van der Waals surface area contributed by atoms with Crippen molar-refractivity contribution in [2.24, 2.45) is 0 Å². The molecule has 0 bridgehead atoms. The van der Waals surface area contributed by atoms with Crippen LogP contribution in [0, 0.1) is 141 Å². The second kappa shape index (κ2) is 51.9. The van der Waals surface area contributed by atoms with Crippen LogP contribution in [0.5, 0.6) is 0 Å². The first-order chi connectivity index (χ1) is 41.9. The van der Waals surface area contributed by atoms with Crippen molar-refractivity contribution >= 4 is 128 Å². The largest absolute Gasteiger partial charge is 3.00 e. The van der Waals surface area contributed by atoms with Gasteiger partial charge in [-0.05, 0) is 47.7 Å². The molecular formula is C62H34Au4Cl4F20P2Se2. The molecule has 0 aliphatic carbocycles. The fourth-order valence-corrected chi connectivity index (χ4v) is 10.9. The zero-order valence-electron chi connectivity index (χ0n) is 45.7. The molecule has 0 unspecified atom stereocenters. The van der Waals surface area contributed by atoms with Gasteiger partial charge in [0.05, 0.1) is 127 Å². The second-order valence-corrected chi connectivity index (χ2v) is 21.7. The van der Waals surface area contributed by atoms with Gasteiger partial charge in [-0.15, -0.1) is 70.7 Å². The van der Waals surface area contributed by atoms with Crippen molar-refractivity contribution in [3.63, 3.8) is 0 Å². The molecule has 0 atom stereocenters. The van der Waals surface area contributed by atoms with Crippen LogP contribution in [0.3, 0.4) is 0 Å². The molecule has 0 spiro atoms. The summed E-state index contributed by atoms with van der Waals surface area (Å²) in [5, 5.41) is 8.78. The fraction of sp³-hybridized carbons (Fsp3) is 0.0323. The SMILES string of the molecule is ClCCl.ClCCl.Fc1[c-]c(F)c(F)c(F)c1F.Fc1[c-]c(F)c(F)c(F)c1F.Fc1[c-]c(F)c(F)c(F)c1F.Fc1[c-]c(F)c(F)c(F)c1F.[Au+3].[Au+3].[Au+].[Au+].[Se-2].[Se-2].c1ccc(P(c2ccccc2)c2ccccc2)cc1.c1ccc(P(c2ccccc2)c2ccccc2)cc1. The Hall–Kier alpha value is -3.18. The predicted molar refractivity (Wildman–Crippen MR) is 315 cm³/mol. The molecule has 0 saturated carbocycles. The van der Waals surface area contributed by atoms with Crippen molar-refractivity contribution in [3.8, 4) is 0 Å². The molecule has 0 fully saturated rings. The zero-order chi connectivity index (χ0) is 65.6. The van der Waals surface area contributed by atoms with Crippen LogP contribution in [0.15, 0.2) is 182 Å². The third-order valence-electron chi connectivity index (χ3n) is 10.0. The third kappa shape index (κ3) is 30.9. The Morgan fingerprint density at radius 3 is 0.404 bits per heavy atom. The standard InChI is InChI=1S/2C18H15P.4C6F5.2CH2Cl2.4Au.2Se/c2*1-4-10-16(11-5-1)19(17-12-6-2-7-13-17)18-14-8-3-9-15-18;4*7-2-1-3(8)5(10)6(11)4(2)9;2*2-1-3;;;;;;/h2*1-15H;;;;;2*1H2;;;;;;/q;;4*-1;;;2*+1;2*+3;2*-2. The molecule has 0 aliphatic heterocycles. The van der Waals surface area contributed by atoms with Gasteiger partial charge in [0.2, 0.25) is 0 Å². The van der Waals surface area contributed by atoms with Crippen molar-refractivity contribution in [3.05, 3.63) is 323 Å². The summed E-state index contributed by atoms with van der Waals surface area (Å²) in [5.74, 6) is -40.2. The first-order valence-corrected chi connectivity index (χ1v) is 28.5. The quantitative estimate of drug-likeness (QED) is 0.0296. The minimum absolute atomic E-state index is 0. The molecule has 0 aromatic heterocycles. The molecule has 94 heavy (non-hydrogen) atoms. The maximum absolute atomic E-state index is 12.0. The molecule has 0 nitrogen and oxygen atoms in total. The van der Waals surface area contributed by atoms with E-state index >= 15 is 0 Å². The Morgan fingerprint density at radius 1 is 0.213 bits per heavy atom. The van der Waals surface area contributed by atoms with E-state index in [0.29, 0.717) is 0 Å². The number of rotatable bonds is 6. The molecule has 10 aromatic carbocycles. The van der Waals surface area contributed by atoms with Crippen molar-refractivity contribution in [1.29, 1.82) is 0 Å². The van der Waals surface area contributed by atoms with Crippen LogP contribution < -0.4 is 31.8 Å². The Bertz CT molecular complexity index is 3080. The van der Waals surface area contributed by atoms with Crippen LogP contribution in [0.2, 0.25) is 0 Å². The molecule has 0 heterocycles. The Morgan fingerprint density at radius 2 is 0.309 bits per heavy atom. The van der Waals surface area contributed by atoms with Gasteiger partial charge < -0.3 is 34.1 Å². The van der Waals surface area contributed by atoms with Crippen LogP contribution in [0.4, 0.5) is 87.8 Å². The van der Waals surface area contributed by atoms with Gasteiger partial charge >= 0.3 is 89.5 Å². The number of hydrogen-bond acceptors (Lipinski definition) is 0. The summed E-state index contributed by atoms with van der Waals surface area (Å²) >= 11 is 19.1. The first kappa shape index (κ1) is 97.2. The topological polar surface area (TPSA) is 0 Å². The monoisotopic (exact) mass is 2310 g/mol. The van der Waals surface area contributed by atoms with Gasteiger partial charge in [0.1, 0.15) is 0 Å². The molecule has 10 rings (SSSR count). The summed E-state index contributed by atoms with van der Waals surface area (Å²) < 4.78 is 239. The molecule has 0 N–H and O–H groups in total. The minimum Gasteiger partial charge on any atom is -2.00 e. The predicted octanol–water partition coefficient (Wildman–Crippen LogP) is 17.7. The smallest absolute Gasteiger partial charge is 2.00 e. The number of hydrogen-bond donors (Lipinski definition) is 0. The molecular weight excluding hydrogens is 2270 g/mol. The summed E-state index contributed by atoms with van der Waals surface area (Å²) in [7, 11) is -0.892. The van der Waals surface area contributed by atoms with Gasteiger partial charge in [-0.1, -0.05) is 182 Å². The molecule has 0 radical (unpaired) electrons. The van der Waals surface area contributed by atoms with Gasteiger partial charge in [0.25, 0.3) is 0 Å². The van der Waals surface area contributed by atoms with E-state index in [1.807, 2.05) is 0 Å². The average Bonchev–Trinajstić information content (AvgIpc) is 1.03. The van der Waals surface area contributed by atoms with Crippen molar-refractivity contribution in [2.75, 3.05) is 10.7 Å². The maximum Gasteiger partial charge on any atom is 3.00 e. The molecule has 0 saturated heterocycles. The van der Waals surface area contributed by atoms with E-state index in [2.05, 4.69) is 182 Å². The van der Waals surface area contributed by atoms with Gasteiger partial charge in [0, 0.05) is 0 Å². The van der Waals surface area contributed by atoms with Crippen LogP contribution in [-0.4, -0.2) is 44.8 Å². The Balaban J connectivity index is -0.000000510. The van der Waals surface area contributed by atoms with Crippen LogP contribution in [0.25, 0.3) is 0 Å². The third-order valence-corrected chi connectivity index (χ3v) is 14.9. The Kier molecular flexibility index (Phi) is 53.7. The van der Waals surface area contributed by atoms with Crippen molar-refractivity contribution in [2.45, 2.75) is 0 Å². The van der Waals surface area contributed by atoms with Gasteiger partial charge in [-0.25, -0.2) is 52.7 Å². The van der Waals surface area contributed by atoms with E-state index in [0.717, 1.165) is 24.3 Å². The number of halogens is 24. The fourth-order valence-electron chi connectivity index (χ4n) is 6.34. The molecule has 516 valence electrons. The van der Waals surface area contributed by atoms with E-state index in [-0.39, 0.29) is 134 Å². The van der Waals surface area contributed by atoms with E-state index in [4.69, 9.17) is 46.4 Å². The van der Waals surface area contributed by atoms with Gasteiger partial charge in [-0.2, -0.15) is 0 Å². The van der Waals surface area contributed by atoms with Crippen molar-refractivity contribution < 1.29 is 177 Å². The van der Waals surface area contributed by atoms with Gasteiger partial charge in [-0.3, -0.25) is 35.1 Å². The summed E-state index contributed by atoms with van der Waals surface area (Å²) in [5.41, 5.74) is 0. The maximum atomic E-state index is 12.0. The summed E-state index contributed by atoms with van der Waals surface area (Å²) in [4.78, 5) is 0. The van der Waals surface area contributed by atoms with E-state index < -0.39 is 132 Å². The van der Waals surface area contributed by atoms with Crippen LogP contribution >= 0.6 is 62.2 Å². The summed E-state index contributed by atoms with van der Waals surface area (Å²) in [6.45, 7) is 0. The average molecular weight is 2310 g/mol. The minimum atomic E-state index is -2.17. The number of benzene rings is 10. The Labute approximate surface area is 632 Å². The normalized spacial score (nSPS) is 9.47. The van der Waals surface area contributed by atoms with Crippen LogP contribution in [-0.2, 0) is 89.5 Å². The van der Waals surface area contributed by atoms with Gasteiger partial charge in [0.15, 0.2) is 0 Å². The van der Waals surface area contributed by atoms with E-state index in [9.17, 15) is 87.8 Å². The number of alkyl halides is 4. The summed E-state index contributed by atoms with van der Waals surface area (Å²) in [6, 6.07) is 68.7. The molecule has 0 amide bonds. The van der Waals surface area contributed by atoms with E-state index in [1.54, 1.807) is 0 Å². The molecule has 0 aliphatic rings. The first-order valence-electron chi connectivity index (χ1n) is 23.7. The zero-order valence-corrected chi connectivity index (χ0v) is 62.6. The van der Waals surface area contributed by atoms with Crippen molar-refractivity contribution in [1.82, 2.24) is 0 Å². The second-order valence-electron chi connectivity index (χ2n) is 15.7. The molecule has 32 heteroatoms.